The van der Waals surface area contributed by atoms with Crippen LogP contribution in [0.3, 0.4) is 0 Å². The number of carboxylic acid groups (broad SMARTS) is 1. The van der Waals surface area contributed by atoms with E-state index >= 15 is 0 Å². The quantitative estimate of drug-likeness (QED) is 0.852. The molecule has 3 nitrogen and oxygen atoms in total. The van der Waals surface area contributed by atoms with Gasteiger partial charge in [-0.2, -0.15) is 0 Å². The fraction of sp³-hybridized carbons (Fsp3) is 0.417. The van der Waals surface area contributed by atoms with Crippen LogP contribution in [0.2, 0.25) is 0 Å². The maximum atomic E-state index is 13.1. The third kappa shape index (κ3) is 2.22. The van der Waals surface area contributed by atoms with Crippen molar-refractivity contribution < 1.29 is 14.3 Å². The van der Waals surface area contributed by atoms with Gasteiger partial charge < -0.3 is 5.11 Å². The second-order valence-corrected chi connectivity index (χ2v) is 4.04. The molecule has 1 aromatic rings. The van der Waals surface area contributed by atoms with E-state index in [2.05, 4.69) is 0 Å². The van der Waals surface area contributed by atoms with Crippen LogP contribution < -0.4 is 0 Å². The zero-order valence-corrected chi connectivity index (χ0v) is 8.90. The summed E-state index contributed by atoms with van der Waals surface area (Å²) in [5.74, 6) is -1.30. The Morgan fingerprint density at radius 2 is 2.06 bits per heavy atom. The molecule has 0 unspecified atom stereocenters. The van der Waals surface area contributed by atoms with Crippen molar-refractivity contribution in [1.29, 1.82) is 0 Å². The SMILES string of the molecule is O=C(O)[C@@H](c1cccc(F)c1)N1CCCC1. The zero-order chi connectivity index (χ0) is 11.5. The first kappa shape index (κ1) is 11.1. The van der Waals surface area contributed by atoms with Crippen molar-refractivity contribution in [3.05, 3.63) is 35.6 Å². The van der Waals surface area contributed by atoms with E-state index in [1.54, 1.807) is 12.1 Å². The largest absolute Gasteiger partial charge is 0.480 e. The molecule has 1 N–H and O–H groups in total. The summed E-state index contributed by atoms with van der Waals surface area (Å²) >= 11 is 0. The molecule has 0 bridgehead atoms. The van der Waals surface area contributed by atoms with E-state index in [1.807, 2.05) is 4.90 Å². The molecule has 1 aliphatic rings. The number of rotatable bonds is 3. The van der Waals surface area contributed by atoms with E-state index in [1.165, 1.54) is 12.1 Å². The molecule has 16 heavy (non-hydrogen) atoms. The summed E-state index contributed by atoms with van der Waals surface area (Å²) in [6, 6.07) is 5.14. The number of halogens is 1. The third-order valence-electron chi connectivity index (χ3n) is 2.90. The van der Waals surface area contributed by atoms with Crippen LogP contribution in [0.1, 0.15) is 24.4 Å². The normalized spacial score (nSPS) is 18.6. The highest BCUT2D eigenvalue weighted by atomic mass is 19.1. The Hall–Kier alpha value is -1.42. The predicted octanol–water partition coefficient (Wildman–Crippen LogP) is 2.05. The van der Waals surface area contributed by atoms with Crippen molar-refractivity contribution in [3.63, 3.8) is 0 Å². The molecule has 0 radical (unpaired) electrons. The van der Waals surface area contributed by atoms with Crippen LogP contribution in [0.4, 0.5) is 4.39 Å². The van der Waals surface area contributed by atoms with Gasteiger partial charge in [0.25, 0.3) is 0 Å². The van der Waals surface area contributed by atoms with Gasteiger partial charge in [-0.3, -0.25) is 9.69 Å². The Balaban J connectivity index is 2.28. The minimum atomic E-state index is -0.910. The van der Waals surface area contributed by atoms with Crippen LogP contribution >= 0.6 is 0 Å². The lowest BCUT2D eigenvalue weighted by Gasteiger charge is -2.23. The smallest absolute Gasteiger partial charge is 0.325 e. The molecule has 1 aromatic carbocycles. The van der Waals surface area contributed by atoms with E-state index in [-0.39, 0.29) is 5.82 Å². The standard InChI is InChI=1S/C12H14FNO2/c13-10-5-3-4-9(8-10)11(12(15)16)14-6-1-2-7-14/h3-5,8,11H,1-2,6-7H2,(H,15,16)/t11-/m1/s1. The highest BCUT2D eigenvalue weighted by Crippen LogP contribution is 2.25. The van der Waals surface area contributed by atoms with Crippen LogP contribution in [0.5, 0.6) is 0 Å². The number of carbonyl (C=O) groups is 1. The average molecular weight is 223 g/mol. The van der Waals surface area contributed by atoms with Gasteiger partial charge in [0.2, 0.25) is 0 Å². The number of aliphatic carboxylic acids is 1. The first-order valence-corrected chi connectivity index (χ1v) is 5.41. The van der Waals surface area contributed by atoms with E-state index in [4.69, 9.17) is 0 Å². The van der Waals surface area contributed by atoms with E-state index < -0.39 is 12.0 Å². The molecule has 0 amide bonds. The summed E-state index contributed by atoms with van der Waals surface area (Å²) in [5, 5.41) is 9.21. The first-order chi connectivity index (χ1) is 7.68. The Morgan fingerprint density at radius 1 is 1.38 bits per heavy atom. The molecule has 1 saturated heterocycles. The summed E-state index contributed by atoms with van der Waals surface area (Å²) in [7, 11) is 0. The maximum Gasteiger partial charge on any atom is 0.325 e. The number of nitrogens with zero attached hydrogens (tertiary/aromatic N) is 1. The van der Waals surface area contributed by atoms with Crippen molar-refractivity contribution in [3.8, 4) is 0 Å². The van der Waals surface area contributed by atoms with Crippen molar-refractivity contribution in [2.45, 2.75) is 18.9 Å². The Morgan fingerprint density at radius 3 is 2.62 bits per heavy atom. The zero-order valence-electron chi connectivity index (χ0n) is 8.90. The lowest BCUT2D eigenvalue weighted by Crippen LogP contribution is -2.31. The highest BCUT2D eigenvalue weighted by Gasteiger charge is 2.29. The van der Waals surface area contributed by atoms with Crippen LogP contribution in [0.15, 0.2) is 24.3 Å². The van der Waals surface area contributed by atoms with Crippen LogP contribution in [0.25, 0.3) is 0 Å². The van der Waals surface area contributed by atoms with Crippen LogP contribution in [0, 0.1) is 5.82 Å². The van der Waals surface area contributed by atoms with Crippen molar-refractivity contribution >= 4 is 5.97 Å². The van der Waals surface area contributed by atoms with Gasteiger partial charge in [0, 0.05) is 0 Å². The van der Waals surface area contributed by atoms with E-state index in [0.717, 1.165) is 25.9 Å². The van der Waals surface area contributed by atoms with Crippen LogP contribution in [-0.2, 0) is 4.79 Å². The topological polar surface area (TPSA) is 40.5 Å². The number of likely N-dealkylation sites (tertiary alicyclic amines) is 1. The summed E-state index contributed by atoms with van der Waals surface area (Å²) in [5.41, 5.74) is 0.523. The Bertz CT molecular complexity index is 388. The van der Waals surface area contributed by atoms with Gasteiger partial charge in [0.1, 0.15) is 11.9 Å². The number of benzene rings is 1. The molecule has 1 atom stereocenters. The lowest BCUT2D eigenvalue weighted by molar-refractivity contribution is -0.143. The van der Waals surface area contributed by atoms with Crippen molar-refractivity contribution in [2.24, 2.45) is 0 Å². The molecular formula is C12H14FNO2. The Kier molecular flexibility index (Phi) is 3.19. The molecule has 0 saturated carbocycles. The van der Waals surface area contributed by atoms with Gasteiger partial charge >= 0.3 is 5.97 Å². The molecule has 1 aliphatic heterocycles. The van der Waals surface area contributed by atoms with Gasteiger partial charge in [-0.15, -0.1) is 0 Å². The number of hydrogen-bond acceptors (Lipinski definition) is 2. The van der Waals surface area contributed by atoms with Crippen molar-refractivity contribution in [2.75, 3.05) is 13.1 Å². The summed E-state index contributed by atoms with van der Waals surface area (Å²) in [6.45, 7) is 1.54. The van der Waals surface area contributed by atoms with Crippen molar-refractivity contribution in [1.82, 2.24) is 4.90 Å². The number of hydrogen-bond donors (Lipinski definition) is 1. The lowest BCUT2D eigenvalue weighted by atomic mass is 10.1. The average Bonchev–Trinajstić information content (AvgIpc) is 2.71. The van der Waals surface area contributed by atoms with Gasteiger partial charge in [0.05, 0.1) is 0 Å². The Labute approximate surface area is 93.5 Å². The molecular weight excluding hydrogens is 209 g/mol. The molecule has 0 spiro atoms. The second-order valence-electron chi connectivity index (χ2n) is 4.04. The molecule has 86 valence electrons. The maximum absolute atomic E-state index is 13.1. The molecule has 0 aliphatic carbocycles. The highest BCUT2D eigenvalue weighted by molar-refractivity contribution is 5.75. The third-order valence-corrected chi connectivity index (χ3v) is 2.90. The minimum Gasteiger partial charge on any atom is -0.480 e. The molecule has 2 rings (SSSR count). The fourth-order valence-corrected chi connectivity index (χ4v) is 2.19. The number of carboxylic acids is 1. The molecule has 0 aromatic heterocycles. The van der Waals surface area contributed by atoms with E-state index in [0.29, 0.717) is 5.56 Å². The van der Waals surface area contributed by atoms with Gasteiger partial charge in [-0.1, -0.05) is 12.1 Å². The second kappa shape index (κ2) is 4.61. The summed E-state index contributed by atoms with van der Waals surface area (Å²) in [4.78, 5) is 13.1. The monoisotopic (exact) mass is 223 g/mol. The van der Waals surface area contributed by atoms with Crippen LogP contribution in [-0.4, -0.2) is 29.1 Å². The van der Waals surface area contributed by atoms with Gasteiger partial charge in [-0.25, -0.2) is 4.39 Å². The van der Waals surface area contributed by atoms with Gasteiger partial charge in [-0.05, 0) is 43.6 Å². The minimum absolute atomic E-state index is 0.386. The van der Waals surface area contributed by atoms with E-state index in [9.17, 15) is 14.3 Å². The molecule has 4 heteroatoms. The predicted molar refractivity (Wildman–Crippen MR) is 57.6 cm³/mol. The molecule has 1 heterocycles. The van der Waals surface area contributed by atoms with Gasteiger partial charge in [0.15, 0.2) is 0 Å². The molecule has 1 fully saturated rings. The fourth-order valence-electron chi connectivity index (χ4n) is 2.19. The summed E-state index contributed by atoms with van der Waals surface area (Å²) in [6.07, 6.45) is 2.03. The summed E-state index contributed by atoms with van der Waals surface area (Å²) < 4.78 is 13.1. The first-order valence-electron chi connectivity index (χ1n) is 5.41.